The normalized spacial score (nSPS) is 21.9. The van der Waals surface area contributed by atoms with E-state index in [0.717, 1.165) is 0 Å². The van der Waals surface area contributed by atoms with E-state index in [9.17, 15) is 5.11 Å². The molecule has 0 aromatic rings. The highest BCUT2D eigenvalue weighted by Gasteiger charge is 2.33. The van der Waals surface area contributed by atoms with Crippen LogP contribution in [0.5, 0.6) is 0 Å². The molecule has 2 heteroatoms. The predicted octanol–water partition coefficient (Wildman–Crippen LogP) is 1.19. The molecule has 11 heavy (non-hydrogen) atoms. The molecule has 0 aromatic heterocycles. The summed E-state index contributed by atoms with van der Waals surface area (Å²) in [5, 5.41) is 18.4. The lowest BCUT2D eigenvalue weighted by Crippen LogP contribution is -2.38. The Balaban J connectivity index is 4.44. The quantitative estimate of drug-likeness (QED) is 0.603. The second-order valence-electron chi connectivity index (χ2n) is 3.36. The smallest absolute Gasteiger partial charge is 0.0593 e. The number of hydrogen-bond donors (Lipinski definition) is 2. The van der Waals surface area contributed by atoms with Crippen LogP contribution in [0.15, 0.2) is 12.7 Å². The van der Waals surface area contributed by atoms with Crippen LogP contribution in [0.2, 0.25) is 0 Å². The Kier molecular flexibility index (Phi) is 3.76. The van der Waals surface area contributed by atoms with Crippen molar-refractivity contribution in [2.24, 2.45) is 11.3 Å². The van der Waals surface area contributed by atoms with Crippen LogP contribution in [0.4, 0.5) is 0 Å². The van der Waals surface area contributed by atoms with Crippen molar-refractivity contribution in [1.29, 1.82) is 0 Å². The van der Waals surface area contributed by atoms with Gasteiger partial charge in [-0.05, 0) is 12.8 Å². The molecule has 66 valence electrons. The third kappa shape index (κ3) is 2.04. The monoisotopic (exact) mass is 158 g/mol. The van der Waals surface area contributed by atoms with Gasteiger partial charge in [-0.2, -0.15) is 0 Å². The maximum Gasteiger partial charge on any atom is 0.0593 e. The lowest BCUT2D eigenvalue weighted by molar-refractivity contribution is -0.0178. The molecule has 0 aliphatic heterocycles. The molecule has 0 bridgehead atoms. The van der Waals surface area contributed by atoms with Gasteiger partial charge in [0, 0.05) is 5.41 Å². The number of aliphatic hydroxyl groups is 2. The van der Waals surface area contributed by atoms with Crippen LogP contribution in [0.1, 0.15) is 20.8 Å². The highest BCUT2D eigenvalue weighted by molar-refractivity contribution is 4.92. The van der Waals surface area contributed by atoms with Crippen molar-refractivity contribution < 1.29 is 10.2 Å². The molecule has 0 aliphatic carbocycles. The standard InChI is InChI=1S/C9H18O2/c1-5-7(2)9(4,6-10)8(3)11/h5,7-8,10-11H,1,6H2,2-4H3. The molecular weight excluding hydrogens is 140 g/mol. The van der Waals surface area contributed by atoms with Crippen molar-refractivity contribution >= 4 is 0 Å². The van der Waals surface area contributed by atoms with E-state index >= 15 is 0 Å². The van der Waals surface area contributed by atoms with E-state index in [1.54, 1.807) is 13.0 Å². The fourth-order valence-corrected chi connectivity index (χ4v) is 0.926. The summed E-state index contributed by atoms with van der Waals surface area (Å²) in [7, 11) is 0. The maximum atomic E-state index is 9.37. The first kappa shape index (κ1) is 10.7. The summed E-state index contributed by atoms with van der Waals surface area (Å²) < 4.78 is 0. The molecule has 0 aliphatic rings. The molecule has 2 nitrogen and oxygen atoms in total. The summed E-state index contributed by atoms with van der Waals surface area (Å²) in [5.41, 5.74) is -0.457. The summed E-state index contributed by atoms with van der Waals surface area (Å²) in [6.45, 7) is 9.10. The minimum Gasteiger partial charge on any atom is -0.396 e. The minimum absolute atomic E-state index is 0.0160. The molecule has 0 spiro atoms. The van der Waals surface area contributed by atoms with Gasteiger partial charge >= 0.3 is 0 Å². The van der Waals surface area contributed by atoms with Crippen LogP contribution in [0.3, 0.4) is 0 Å². The first-order chi connectivity index (χ1) is 4.99. The first-order valence-corrected chi connectivity index (χ1v) is 3.90. The van der Waals surface area contributed by atoms with Crippen LogP contribution in [-0.2, 0) is 0 Å². The van der Waals surface area contributed by atoms with E-state index in [0.29, 0.717) is 0 Å². The van der Waals surface area contributed by atoms with Gasteiger partial charge in [-0.15, -0.1) is 6.58 Å². The summed E-state index contributed by atoms with van der Waals surface area (Å²) in [6, 6.07) is 0. The molecule has 0 heterocycles. The average Bonchev–Trinajstić information content (AvgIpc) is 2.01. The Morgan fingerprint density at radius 3 is 2.09 bits per heavy atom. The molecule has 2 N–H and O–H groups in total. The molecule has 0 saturated heterocycles. The van der Waals surface area contributed by atoms with Gasteiger partial charge in [0.15, 0.2) is 0 Å². The molecule has 0 rings (SSSR count). The van der Waals surface area contributed by atoms with Crippen molar-refractivity contribution in [3.05, 3.63) is 12.7 Å². The molecule has 0 amide bonds. The van der Waals surface area contributed by atoms with E-state index in [-0.39, 0.29) is 12.5 Å². The summed E-state index contributed by atoms with van der Waals surface area (Å²) in [6.07, 6.45) is 1.24. The zero-order valence-corrected chi connectivity index (χ0v) is 7.54. The summed E-state index contributed by atoms with van der Waals surface area (Å²) in [5.74, 6) is 0.118. The van der Waals surface area contributed by atoms with E-state index in [4.69, 9.17) is 5.11 Å². The third-order valence-electron chi connectivity index (χ3n) is 2.69. The van der Waals surface area contributed by atoms with Gasteiger partial charge in [0.25, 0.3) is 0 Å². The Bertz CT molecular complexity index is 132. The Labute approximate surface area is 68.6 Å². The van der Waals surface area contributed by atoms with E-state index < -0.39 is 11.5 Å². The van der Waals surface area contributed by atoms with Crippen LogP contribution >= 0.6 is 0 Å². The topological polar surface area (TPSA) is 40.5 Å². The second kappa shape index (κ2) is 3.88. The molecule has 0 aromatic carbocycles. The molecule has 0 saturated carbocycles. The van der Waals surface area contributed by atoms with Crippen molar-refractivity contribution in [3.63, 3.8) is 0 Å². The van der Waals surface area contributed by atoms with Gasteiger partial charge in [-0.1, -0.05) is 19.9 Å². The highest BCUT2D eigenvalue weighted by atomic mass is 16.3. The Morgan fingerprint density at radius 2 is 2.00 bits per heavy atom. The fraction of sp³-hybridized carbons (Fsp3) is 0.778. The number of rotatable bonds is 4. The van der Waals surface area contributed by atoms with Gasteiger partial charge in [0.2, 0.25) is 0 Å². The van der Waals surface area contributed by atoms with Crippen LogP contribution < -0.4 is 0 Å². The maximum absolute atomic E-state index is 9.37. The SMILES string of the molecule is C=CC(C)C(C)(CO)C(C)O. The Morgan fingerprint density at radius 1 is 1.55 bits per heavy atom. The number of allylic oxidation sites excluding steroid dienone is 1. The molecule has 3 unspecified atom stereocenters. The van der Waals surface area contributed by atoms with E-state index in [2.05, 4.69) is 6.58 Å². The van der Waals surface area contributed by atoms with Gasteiger partial charge in [0.1, 0.15) is 0 Å². The molecular formula is C9H18O2. The molecule has 3 atom stereocenters. The van der Waals surface area contributed by atoms with Crippen molar-refractivity contribution in [1.82, 2.24) is 0 Å². The van der Waals surface area contributed by atoms with Crippen molar-refractivity contribution in [3.8, 4) is 0 Å². The van der Waals surface area contributed by atoms with Crippen LogP contribution in [0, 0.1) is 11.3 Å². The number of aliphatic hydroxyl groups excluding tert-OH is 2. The fourth-order valence-electron chi connectivity index (χ4n) is 0.926. The number of hydrogen-bond acceptors (Lipinski definition) is 2. The van der Waals surface area contributed by atoms with Crippen molar-refractivity contribution in [2.45, 2.75) is 26.9 Å². The summed E-state index contributed by atoms with van der Waals surface area (Å²) >= 11 is 0. The van der Waals surface area contributed by atoms with Crippen LogP contribution in [0.25, 0.3) is 0 Å². The molecule has 0 radical (unpaired) electrons. The van der Waals surface area contributed by atoms with Gasteiger partial charge in [0.05, 0.1) is 12.7 Å². The third-order valence-corrected chi connectivity index (χ3v) is 2.69. The zero-order chi connectivity index (χ0) is 9.07. The highest BCUT2D eigenvalue weighted by Crippen LogP contribution is 2.31. The van der Waals surface area contributed by atoms with Gasteiger partial charge in [-0.25, -0.2) is 0 Å². The molecule has 0 fully saturated rings. The second-order valence-corrected chi connectivity index (χ2v) is 3.36. The zero-order valence-electron chi connectivity index (χ0n) is 7.54. The lowest BCUT2D eigenvalue weighted by atomic mass is 9.75. The summed E-state index contributed by atoms with van der Waals surface area (Å²) in [4.78, 5) is 0. The minimum atomic E-state index is -0.513. The van der Waals surface area contributed by atoms with Crippen LogP contribution in [-0.4, -0.2) is 22.9 Å². The first-order valence-electron chi connectivity index (χ1n) is 3.90. The average molecular weight is 158 g/mol. The Hall–Kier alpha value is -0.340. The van der Waals surface area contributed by atoms with Crippen molar-refractivity contribution in [2.75, 3.05) is 6.61 Å². The van der Waals surface area contributed by atoms with E-state index in [1.165, 1.54) is 0 Å². The van der Waals surface area contributed by atoms with E-state index in [1.807, 2.05) is 13.8 Å². The lowest BCUT2D eigenvalue weighted by Gasteiger charge is -2.34. The van der Waals surface area contributed by atoms with Gasteiger partial charge in [-0.3, -0.25) is 0 Å². The van der Waals surface area contributed by atoms with Gasteiger partial charge < -0.3 is 10.2 Å². The largest absolute Gasteiger partial charge is 0.396 e. The predicted molar refractivity (Wildman–Crippen MR) is 46.2 cm³/mol.